The van der Waals surface area contributed by atoms with Crippen molar-refractivity contribution in [3.05, 3.63) is 48.0 Å². The number of nitrogens with two attached hydrogens (primary N) is 1. The Morgan fingerprint density at radius 3 is 2.63 bits per heavy atom. The molecule has 2 nitrogen and oxygen atoms in total. The van der Waals surface area contributed by atoms with E-state index in [4.69, 9.17) is 5.73 Å². The molecule has 0 saturated heterocycles. The number of hydrogen-bond acceptors (Lipinski definition) is 2. The lowest BCUT2D eigenvalue weighted by Crippen LogP contribution is -2.19. The van der Waals surface area contributed by atoms with E-state index in [1.165, 1.54) is 10.8 Å². The summed E-state index contributed by atoms with van der Waals surface area (Å²) in [5.74, 6) is 0.532. The average Bonchev–Trinajstić information content (AvgIpc) is 2.85. The number of ketones is 1. The van der Waals surface area contributed by atoms with Gasteiger partial charge in [-0.15, -0.1) is 0 Å². The Kier molecular flexibility index (Phi) is 3.34. The number of carbonyl (C=O) groups is 1. The highest BCUT2D eigenvalue weighted by Crippen LogP contribution is 2.26. The Morgan fingerprint density at radius 1 is 1.11 bits per heavy atom. The molecule has 0 aromatic heterocycles. The van der Waals surface area contributed by atoms with Crippen molar-refractivity contribution >= 4 is 16.6 Å². The topological polar surface area (TPSA) is 43.1 Å². The van der Waals surface area contributed by atoms with E-state index in [1.54, 1.807) is 0 Å². The second-order valence-corrected chi connectivity index (χ2v) is 5.59. The predicted octanol–water partition coefficient (Wildman–Crippen LogP) is 3.08. The molecule has 1 fully saturated rings. The Hall–Kier alpha value is -1.67. The van der Waals surface area contributed by atoms with Gasteiger partial charge in [-0.2, -0.15) is 0 Å². The van der Waals surface area contributed by atoms with Crippen LogP contribution in [0.5, 0.6) is 0 Å². The maximum Gasteiger partial charge on any atom is 0.140 e. The molecule has 3 rings (SSSR count). The summed E-state index contributed by atoms with van der Waals surface area (Å²) in [7, 11) is 0. The van der Waals surface area contributed by atoms with Crippen molar-refractivity contribution in [2.45, 2.75) is 31.7 Å². The molecule has 98 valence electrons. The highest BCUT2D eigenvalue weighted by molar-refractivity contribution is 5.87. The fraction of sp³-hybridized carbons (Fsp3) is 0.353. The summed E-state index contributed by atoms with van der Waals surface area (Å²) >= 11 is 0. The van der Waals surface area contributed by atoms with E-state index >= 15 is 0 Å². The van der Waals surface area contributed by atoms with E-state index < -0.39 is 0 Å². The van der Waals surface area contributed by atoms with Crippen LogP contribution in [0, 0.1) is 5.92 Å². The smallest absolute Gasteiger partial charge is 0.140 e. The van der Waals surface area contributed by atoms with Crippen LogP contribution in [0.4, 0.5) is 0 Å². The molecule has 2 aromatic rings. The predicted molar refractivity (Wildman–Crippen MR) is 78.0 cm³/mol. The zero-order chi connectivity index (χ0) is 13.2. The lowest BCUT2D eigenvalue weighted by atomic mass is 9.95. The third-order valence-electron chi connectivity index (χ3n) is 4.12. The van der Waals surface area contributed by atoms with Crippen molar-refractivity contribution in [3.63, 3.8) is 0 Å². The van der Waals surface area contributed by atoms with Gasteiger partial charge in [0.2, 0.25) is 0 Å². The minimum Gasteiger partial charge on any atom is -0.328 e. The highest BCUT2D eigenvalue weighted by Gasteiger charge is 2.27. The first kappa shape index (κ1) is 12.4. The molecule has 0 spiro atoms. The van der Waals surface area contributed by atoms with Crippen LogP contribution in [-0.4, -0.2) is 11.8 Å². The van der Waals surface area contributed by atoms with Crippen LogP contribution in [0.25, 0.3) is 10.8 Å². The van der Waals surface area contributed by atoms with Gasteiger partial charge in [-0.25, -0.2) is 0 Å². The van der Waals surface area contributed by atoms with Crippen molar-refractivity contribution in [2.75, 3.05) is 0 Å². The molecular weight excluding hydrogens is 234 g/mol. The third kappa shape index (κ3) is 2.69. The van der Waals surface area contributed by atoms with Gasteiger partial charge in [-0.05, 0) is 35.6 Å². The van der Waals surface area contributed by atoms with Gasteiger partial charge < -0.3 is 5.73 Å². The number of rotatable bonds is 3. The molecule has 0 unspecified atom stereocenters. The fourth-order valence-corrected chi connectivity index (χ4v) is 3.00. The van der Waals surface area contributed by atoms with Crippen LogP contribution < -0.4 is 5.73 Å². The molecular formula is C17H19NO. The summed E-state index contributed by atoms with van der Waals surface area (Å²) in [5.41, 5.74) is 6.99. The molecule has 0 radical (unpaired) electrons. The van der Waals surface area contributed by atoms with Crippen molar-refractivity contribution in [1.29, 1.82) is 0 Å². The quantitative estimate of drug-likeness (QED) is 0.913. The number of fused-ring (bicyclic) bond motifs is 1. The first-order valence-electron chi connectivity index (χ1n) is 6.98. The maximum absolute atomic E-state index is 12.2. The number of hydrogen-bond donors (Lipinski definition) is 1. The second-order valence-electron chi connectivity index (χ2n) is 5.59. The standard InChI is InChI=1S/C17H19NO/c18-16-8-7-15(11-16)17(19)10-12-5-6-13-3-1-2-4-14(13)9-12/h1-6,9,15-16H,7-8,10-11,18H2/t15-,16+/m1/s1. The van der Waals surface area contributed by atoms with Gasteiger partial charge in [-0.3, -0.25) is 4.79 Å². The summed E-state index contributed by atoms with van der Waals surface area (Å²) < 4.78 is 0. The molecule has 0 bridgehead atoms. The van der Waals surface area contributed by atoms with Crippen LogP contribution in [0.15, 0.2) is 42.5 Å². The van der Waals surface area contributed by atoms with Gasteiger partial charge >= 0.3 is 0 Å². The zero-order valence-corrected chi connectivity index (χ0v) is 11.0. The normalized spacial score (nSPS) is 22.8. The summed E-state index contributed by atoms with van der Waals surface area (Å²) in [6, 6.07) is 14.8. The molecule has 2 N–H and O–H groups in total. The van der Waals surface area contributed by atoms with E-state index in [-0.39, 0.29) is 12.0 Å². The van der Waals surface area contributed by atoms with Crippen LogP contribution >= 0.6 is 0 Å². The van der Waals surface area contributed by atoms with Gasteiger partial charge in [0.15, 0.2) is 0 Å². The Balaban J connectivity index is 1.76. The van der Waals surface area contributed by atoms with Crippen molar-refractivity contribution in [1.82, 2.24) is 0 Å². The highest BCUT2D eigenvalue weighted by atomic mass is 16.1. The molecule has 1 saturated carbocycles. The van der Waals surface area contributed by atoms with Gasteiger partial charge in [0.05, 0.1) is 0 Å². The molecule has 0 heterocycles. The van der Waals surface area contributed by atoms with E-state index in [1.807, 2.05) is 12.1 Å². The van der Waals surface area contributed by atoms with Crippen LogP contribution in [0.1, 0.15) is 24.8 Å². The van der Waals surface area contributed by atoms with Crippen LogP contribution in [0.3, 0.4) is 0 Å². The minimum atomic E-state index is 0.182. The van der Waals surface area contributed by atoms with E-state index in [2.05, 4.69) is 30.3 Å². The number of Topliss-reactive ketones (excluding diaryl/α,β-unsaturated/α-hetero) is 1. The average molecular weight is 253 g/mol. The van der Waals surface area contributed by atoms with Gasteiger partial charge in [0.1, 0.15) is 5.78 Å². The van der Waals surface area contributed by atoms with Crippen molar-refractivity contribution in [2.24, 2.45) is 11.7 Å². The molecule has 1 aliphatic rings. The first-order valence-corrected chi connectivity index (χ1v) is 6.98. The Morgan fingerprint density at radius 2 is 1.89 bits per heavy atom. The van der Waals surface area contributed by atoms with E-state index in [9.17, 15) is 4.79 Å². The van der Waals surface area contributed by atoms with E-state index in [0.717, 1.165) is 24.8 Å². The van der Waals surface area contributed by atoms with Gasteiger partial charge in [0, 0.05) is 18.4 Å². The zero-order valence-electron chi connectivity index (χ0n) is 11.0. The van der Waals surface area contributed by atoms with Gasteiger partial charge in [0.25, 0.3) is 0 Å². The first-order chi connectivity index (χ1) is 9.22. The van der Waals surface area contributed by atoms with Crippen LogP contribution in [0.2, 0.25) is 0 Å². The molecule has 0 amide bonds. The number of benzene rings is 2. The lowest BCUT2D eigenvalue weighted by molar-refractivity contribution is -0.122. The monoisotopic (exact) mass is 253 g/mol. The molecule has 2 heteroatoms. The minimum absolute atomic E-state index is 0.182. The summed E-state index contributed by atoms with van der Waals surface area (Å²) in [5, 5.41) is 2.43. The van der Waals surface area contributed by atoms with Crippen molar-refractivity contribution < 1.29 is 4.79 Å². The largest absolute Gasteiger partial charge is 0.328 e. The SMILES string of the molecule is N[C@H]1CC[C@@H](C(=O)Cc2ccc3ccccc3c2)C1. The fourth-order valence-electron chi connectivity index (χ4n) is 3.00. The molecule has 2 atom stereocenters. The molecule has 1 aliphatic carbocycles. The summed E-state index contributed by atoms with van der Waals surface area (Å²) in [6.07, 6.45) is 3.37. The molecule has 2 aromatic carbocycles. The Labute approximate surface area is 113 Å². The molecule has 0 aliphatic heterocycles. The van der Waals surface area contributed by atoms with Crippen LogP contribution in [-0.2, 0) is 11.2 Å². The summed E-state index contributed by atoms with van der Waals surface area (Å²) in [4.78, 5) is 12.2. The van der Waals surface area contributed by atoms with E-state index in [0.29, 0.717) is 12.2 Å². The summed E-state index contributed by atoms with van der Waals surface area (Å²) in [6.45, 7) is 0. The third-order valence-corrected chi connectivity index (χ3v) is 4.12. The molecule has 19 heavy (non-hydrogen) atoms. The second kappa shape index (κ2) is 5.14. The lowest BCUT2D eigenvalue weighted by Gasteiger charge is -2.09. The Bertz CT molecular complexity index is 605. The van der Waals surface area contributed by atoms with Crippen molar-refractivity contribution in [3.8, 4) is 0 Å². The number of carbonyl (C=O) groups excluding carboxylic acids is 1. The maximum atomic E-state index is 12.2. The van der Waals surface area contributed by atoms with Gasteiger partial charge in [-0.1, -0.05) is 42.5 Å².